The van der Waals surface area contributed by atoms with Gasteiger partial charge in [0.1, 0.15) is 4.90 Å². The highest BCUT2D eigenvalue weighted by Gasteiger charge is 2.34. The number of sulfonamides is 1. The zero-order valence-electron chi connectivity index (χ0n) is 17.0. The molecule has 1 aliphatic heterocycles. The molecule has 1 aromatic heterocycles. The molecule has 1 fully saturated rings. The first-order valence-corrected chi connectivity index (χ1v) is 11.1. The molecule has 2 heterocycles. The molecule has 1 aliphatic rings. The SMILES string of the molecule is Cc1c(C(=O)N2CCCCC2)c(S(=O)(=O)Nc2cccc(C(F)(F)F)c2)c(C)n1C. The van der Waals surface area contributed by atoms with Crippen LogP contribution in [0.25, 0.3) is 0 Å². The van der Waals surface area contributed by atoms with Gasteiger partial charge in [0.15, 0.2) is 0 Å². The van der Waals surface area contributed by atoms with Crippen LogP contribution in [0.2, 0.25) is 0 Å². The lowest BCUT2D eigenvalue weighted by Crippen LogP contribution is -2.36. The molecule has 1 N–H and O–H groups in total. The Balaban J connectivity index is 2.04. The van der Waals surface area contributed by atoms with Gasteiger partial charge in [0, 0.05) is 37.2 Å². The predicted molar refractivity (Wildman–Crippen MR) is 107 cm³/mol. The molecule has 0 spiro atoms. The molecule has 164 valence electrons. The lowest BCUT2D eigenvalue weighted by Gasteiger charge is -2.27. The van der Waals surface area contributed by atoms with Crippen molar-refractivity contribution >= 4 is 21.6 Å². The van der Waals surface area contributed by atoms with E-state index in [1.165, 1.54) is 6.07 Å². The molecule has 0 atom stereocenters. The van der Waals surface area contributed by atoms with Gasteiger partial charge in [-0.25, -0.2) is 8.42 Å². The molecular weight excluding hydrogens is 419 g/mol. The molecule has 3 rings (SSSR count). The number of halogens is 3. The summed E-state index contributed by atoms with van der Waals surface area (Å²) in [5.41, 5.74) is -0.286. The number of alkyl halides is 3. The average molecular weight is 443 g/mol. The summed E-state index contributed by atoms with van der Waals surface area (Å²) in [7, 11) is -2.65. The zero-order valence-corrected chi connectivity index (χ0v) is 17.8. The van der Waals surface area contributed by atoms with Gasteiger partial charge in [-0.1, -0.05) is 6.07 Å². The van der Waals surface area contributed by atoms with Crippen LogP contribution in [-0.2, 0) is 23.2 Å². The van der Waals surface area contributed by atoms with Crippen molar-refractivity contribution in [2.45, 2.75) is 44.2 Å². The number of carbonyl (C=O) groups is 1. The van der Waals surface area contributed by atoms with Gasteiger partial charge in [0.05, 0.1) is 11.1 Å². The topological polar surface area (TPSA) is 71.4 Å². The fourth-order valence-corrected chi connectivity index (χ4v) is 5.29. The highest BCUT2D eigenvalue weighted by molar-refractivity contribution is 7.92. The number of likely N-dealkylation sites (tertiary alicyclic amines) is 1. The van der Waals surface area contributed by atoms with Crippen molar-refractivity contribution in [3.8, 4) is 0 Å². The Morgan fingerprint density at radius 3 is 2.30 bits per heavy atom. The minimum Gasteiger partial charge on any atom is -0.350 e. The Bertz CT molecular complexity index is 1070. The third-order valence-corrected chi connectivity index (χ3v) is 7.03. The number of anilines is 1. The first-order valence-electron chi connectivity index (χ1n) is 9.58. The maximum atomic E-state index is 13.2. The minimum atomic E-state index is -4.60. The van der Waals surface area contributed by atoms with Crippen LogP contribution < -0.4 is 4.72 Å². The van der Waals surface area contributed by atoms with Gasteiger partial charge in [0.2, 0.25) is 0 Å². The van der Waals surface area contributed by atoms with Crippen molar-refractivity contribution in [1.29, 1.82) is 0 Å². The summed E-state index contributed by atoms with van der Waals surface area (Å²) in [6.07, 6.45) is -1.89. The second-order valence-electron chi connectivity index (χ2n) is 7.47. The monoisotopic (exact) mass is 443 g/mol. The van der Waals surface area contributed by atoms with Crippen LogP contribution in [-0.4, -0.2) is 36.9 Å². The molecule has 1 saturated heterocycles. The van der Waals surface area contributed by atoms with Gasteiger partial charge in [-0.2, -0.15) is 13.2 Å². The highest BCUT2D eigenvalue weighted by atomic mass is 32.2. The fourth-order valence-electron chi connectivity index (χ4n) is 3.72. The van der Waals surface area contributed by atoms with E-state index in [1.54, 1.807) is 30.4 Å². The number of aromatic nitrogens is 1. The summed E-state index contributed by atoms with van der Waals surface area (Å²) in [5.74, 6) is -0.375. The van der Waals surface area contributed by atoms with Gasteiger partial charge >= 0.3 is 6.18 Å². The van der Waals surface area contributed by atoms with Crippen LogP contribution in [0.15, 0.2) is 29.2 Å². The van der Waals surface area contributed by atoms with Crippen molar-refractivity contribution < 1.29 is 26.4 Å². The van der Waals surface area contributed by atoms with E-state index in [9.17, 15) is 26.4 Å². The van der Waals surface area contributed by atoms with Gasteiger partial charge < -0.3 is 9.47 Å². The molecule has 2 aromatic rings. The van der Waals surface area contributed by atoms with Crippen LogP contribution in [0.1, 0.15) is 46.6 Å². The number of rotatable bonds is 4. The Morgan fingerprint density at radius 1 is 1.07 bits per heavy atom. The van der Waals surface area contributed by atoms with Crippen LogP contribution in [0.4, 0.5) is 18.9 Å². The van der Waals surface area contributed by atoms with E-state index in [2.05, 4.69) is 4.72 Å². The molecule has 30 heavy (non-hydrogen) atoms. The van der Waals surface area contributed by atoms with Crippen molar-refractivity contribution in [2.75, 3.05) is 17.8 Å². The standard InChI is InChI=1S/C20H24F3N3O3S/c1-13-17(19(27)26-10-5-4-6-11-26)18(14(2)25(13)3)30(28,29)24-16-9-7-8-15(12-16)20(21,22)23/h7-9,12,24H,4-6,10-11H2,1-3H3. The lowest BCUT2D eigenvalue weighted by molar-refractivity contribution is -0.137. The average Bonchev–Trinajstić information content (AvgIpc) is 2.92. The quantitative estimate of drug-likeness (QED) is 0.774. The van der Waals surface area contributed by atoms with Crippen molar-refractivity contribution in [1.82, 2.24) is 9.47 Å². The minimum absolute atomic E-state index is 0.0661. The van der Waals surface area contributed by atoms with E-state index in [4.69, 9.17) is 0 Å². The third-order valence-electron chi connectivity index (χ3n) is 5.49. The third kappa shape index (κ3) is 4.19. The van der Waals surface area contributed by atoms with Crippen LogP contribution >= 0.6 is 0 Å². The number of nitrogens with zero attached hydrogens (tertiary/aromatic N) is 2. The van der Waals surface area contributed by atoms with Crippen LogP contribution in [0.5, 0.6) is 0 Å². The van der Waals surface area contributed by atoms with Crippen LogP contribution in [0.3, 0.4) is 0 Å². The molecule has 0 bridgehead atoms. The normalized spacial score (nSPS) is 15.3. The van der Waals surface area contributed by atoms with E-state index in [-0.39, 0.29) is 22.1 Å². The Labute approximate surface area is 173 Å². The highest BCUT2D eigenvalue weighted by Crippen LogP contribution is 2.33. The Kier molecular flexibility index (Phi) is 5.90. The lowest BCUT2D eigenvalue weighted by atomic mass is 10.1. The smallest absolute Gasteiger partial charge is 0.350 e. The predicted octanol–water partition coefficient (Wildman–Crippen LogP) is 4.09. The summed E-state index contributed by atoms with van der Waals surface area (Å²) >= 11 is 0. The summed E-state index contributed by atoms with van der Waals surface area (Å²) in [6.45, 7) is 4.33. The maximum absolute atomic E-state index is 13.2. The molecule has 1 aromatic carbocycles. The number of benzene rings is 1. The number of hydrogen-bond donors (Lipinski definition) is 1. The van der Waals surface area contributed by atoms with Crippen molar-refractivity contribution in [2.24, 2.45) is 7.05 Å². The number of hydrogen-bond acceptors (Lipinski definition) is 3. The number of nitrogens with one attached hydrogen (secondary N) is 1. The van der Waals surface area contributed by atoms with E-state index >= 15 is 0 Å². The molecule has 6 nitrogen and oxygen atoms in total. The number of piperidine rings is 1. The number of amides is 1. The van der Waals surface area contributed by atoms with Gasteiger partial charge in [-0.3, -0.25) is 9.52 Å². The first kappa shape index (κ1) is 22.2. The zero-order chi connectivity index (χ0) is 22.3. The maximum Gasteiger partial charge on any atom is 0.416 e. The molecule has 0 aliphatic carbocycles. The second kappa shape index (κ2) is 7.98. The summed E-state index contributed by atoms with van der Waals surface area (Å²) in [6, 6.07) is 3.96. The molecule has 0 saturated carbocycles. The summed E-state index contributed by atoms with van der Waals surface area (Å²) in [5, 5.41) is 0. The molecule has 1 amide bonds. The van der Waals surface area contributed by atoms with Crippen molar-refractivity contribution in [3.05, 3.63) is 46.8 Å². The summed E-state index contributed by atoms with van der Waals surface area (Å²) in [4.78, 5) is 14.6. The van der Waals surface area contributed by atoms with Gasteiger partial charge in [-0.15, -0.1) is 0 Å². The molecule has 0 unspecified atom stereocenters. The Hall–Kier alpha value is -2.49. The molecular formula is C20H24F3N3O3S. The van der Waals surface area contributed by atoms with Crippen molar-refractivity contribution in [3.63, 3.8) is 0 Å². The second-order valence-corrected chi connectivity index (χ2v) is 9.09. The Morgan fingerprint density at radius 2 is 1.70 bits per heavy atom. The first-order chi connectivity index (χ1) is 13.9. The van der Waals surface area contributed by atoms with E-state index in [0.717, 1.165) is 37.5 Å². The van der Waals surface area contributed by atoms with E-state index < -0.39 is 21.8 Å². The van der Waals surface area contributed by atoms with Gasteiger partial charge in [0.25, 0.3) is 15.9 Å². The van der Waals surface area contributed by atoms with Crippen LogP contribution in [0, 0.1) is 13.8 Å². The number of carbonyl (C=O) groups excluding carboxylic acids is 1. The fraction of sp³-hybridized carbons (Fsp3) is 0.450. The molecule has 0 radical (unpaired) electrons. The van der Waals surface area contributed by atoms with Gasteiger partial charge in [-0.05, 0) is 51.3 Å². The molecule has 10 heteroatoms. The van der Waals surface area contributed by atoms with E-state index in [0.29, 0.717) is 24.5 Å². The van der Waals surface area contributed by atoms with E-state index in [1.807, 2.05) is 0 Å². The summed E-state index contributed by atoms with van der Waals surface area (Å²) < 4.78 is 69.2. The largest absolute Gasteiger partial charge is 0.416 e.